The van der Waals surface area contributed by atoms with Gasteiger partial charge in [-0.1, -0.05) is 29.3 Å². The lowest BCUT2D eigenvalue weighted by Gasteiger charge is -2.10. The van der Waals surface area contributed by atoms with Crippen LogP contribution in [0, 0.1) is 0 Å². The van der Waals surface area contributed by atoms with Crippen LogP contribution in [0.3, 0.4) is 0 Å². The molecule has 0 aliphatic carbocycles. The molecule has 0 bridgehead atoms. The minimum atomic E-state index is -0.185. The first-order valence-corrected chi connectivity index (χ1v) is 4.25. The van der Waals surface area contributed by atoms with Crippen LogP contribution < -0.4 is 5.48 Å². The third-order valence-electron chi connectivity index (χ3n) is 1.62. The first-order valence-electron chi connectivity index (χ1n) is 3.49. The number of rotatable bonds is 2. The van der Waals surface area contributed by atoms with Gasteiger partial charge in [0.1, 0.15) is 0 Å². The van der Waals surface area contributed by atoms with Crippen molar-refractivity contribution < 1.29 is 5.21 Å². The van der Waals surface area contributed by atoms with Crippen LogP contribution in [-0.2, 0) is 0 Å². The Hall–Kier alpha value is -0.280. The highest BCUT2D eigenvalue weighted by molar-refractivity contribution is 6.35. The van der Waals surface area contributed by atoms with Crippen molar-refractivity contribution in [3.05, 3.63) is 33.8 Å². The molecule has 1 atom stereocenters. The molecule has 1 rings (SSSR count). The summed E-state index contributed by atoms with van der Waals surface area (Å²) in [5.74, 6) is 0. The minimum absolute atomic E-state index is 0.185. The molecule has 0 aliphatic rings. The number of halogens is 2. The fourth-order valence-electron chi connectivity index (χ4n) is 0.922. The number of hydrogen-bond donors (Lipinski definition) is 2. The molecule has 0 heterocycles. The van der Waals surface area contributed by atoms with Gasteiger partial charge in [-0.15, -0.1) is 0 Å². The molecule has 4 heteroatoms. The summed E-state index contributed by atoms with van der Waals surface area (Å²) in [4.78, 5) is 0. The monoisotopic (exact) mass is 205 g/mol. The van der Waals surface area contributed by atoms with Gasteiger partial charge in [-0.05, 0) is 24.6 Å². The molecule has 0 spiro atoms. The Bertz CT molecular complexity index is 278. The summed E-state index contributed by atoms with van der Waals surface area (Å²) in [6, 6.07) is 4.97. The van der Waals surface area contributed by atoms with E-state index in [-0.39, 0.29) is 6.04 Å². The molecule has 0 fully saturated rings. The molecule has 1 aromatic carbocycles. The summed E-state index contributed by atoms with van der Waals surface area (Å²) in [6.07, 6.45) is 0. The van der Waals surface area contributed by atoms with Crippen molar-refractivity contribution >= 4 is 23.2 Å². The van der Waals surface area contributed by atoms with Crippen LogP contribution in [0.2, 0.25) is 10.0 Å². The lowest BCUT2D eigenvalue weighted by molar-refractivity contribution is 0.133. The van der Waals surface area contributed by atoms with Crippen LogP contribution in [0.1, 0.15) is 18.5 Å². The van der Waals surface area contributed by atoms with Gasteiger partial charge >= 0.3 is 0 Å². The van der Waals surface area contributed by atoms with Gasteiger partial charge in [0.2, 0.25) is 0 Å². The van der Waals surface area contributed by atoms with E-state index >= 15 is 0 Å². The zero-order chi connectivity index (χ0) is 9.14. The predicted octanol–water partition coefficient (Wildman–Crippen LogP) is 3.03. The minimum Gasteiger partial charge on any atom is -0.316 e. The van der Waals surface area contributed by atoms with Crippen molar-refractivity contribution in [2.45, 2.75) is 13.0 Å². The van der Waals surface area contributed by atoms with Crippen LogP contribution in [-0.4, -0.2) is 5.21 Å². The molecule has 0 saturated carbocycles. The molecule has 0 unspecified atom stereocenters. The summed E-state index contributed by atoms with van der Waals surface area (Å²) in [6.45, 7) is 1.80. The molecular formula is C8H9Cl2NO. The lowest BCUT2D eigenvalue weighted by atomic mass is 10.1. The number of hydrogen-bond acceptors (Lipinski definition) is 2. The number of hydroxylamine groups is 1. The fourth-order valence-corrected chi connectivity index (χ4v) is 1.49. The summed E-state index contributed by atoms with van der Waals surface area (Å²) < 4.78 is 0. The summed E-state index contributed by atoms with van der Waals surface area (Å²) in [5.41, 5.74) is 2.94. The molecule has 2 nitrogen and oxygen atoms in total. The Morgan fingerprint density at radius 1 is 1.42 bits per heavy atom. The second kappa shape index (κ2) is 4.10. The van der Waals surface area contributed by atoms with Gasteiger partial charge in [0, 0.05) is 10.0 Å². The number of benzene rings is 1. The largest absolute Gasteiger partial charge is 0.316 e. The van der Waals surface area contributed by atoms with Crippen molar-refractivity contribution in [2.75, 3.05) is 0 Å². The molecule has 0 radical (unpaired) electrons. The van der Waals surface area contributed by atoms with Crippen LogP contribution >= 0.6 is 23.2 Å². The van der Waals surface area contributed by atoms with E-state index in [0.29, 0.717) is 10.0 Å². The summed E-state index contributed by atoms with van der Waals surface area (Å²) in [5, 5.41) is 9.78. The molecule has 2 N–H and O–H groups in total. The fraction of sp³-hybridized carbons (Fsp3) is 0.250. The summed E-state index contributed by atoms with van der Waals surface area (Å²) >= 11 is 11.6. The first kappa shape index (κ1) is 9.81. The van der Waals surface area contributed by atoms with Crippen molar-refractivity contribution in [1.29, 1.82) is 0 Å². The highest BCUT2D eigenvalue weighted by Crippen LogP contribution is 2.25. The molecular weight excluding hydrogens is 197 g/mol. The summed E-state index contributed by atoms with van der Waals surface area (Å²) in [7, 11) is 0. The van der Waals surface area contributed by atoms with Gasteiger partial charge in [-0.2, -0.15) is 5.48 Å². The quantitative estimate of drug-likeness (QED) is 0.729. The zero-order valence-corrected chi connectivity index (χ0v) is 8.02. The maximum atomic E-state index is 8.64. The van der Waals surface area contributed by atoms with E-state index in [2.05, 4.69) is 5.48 Å². The molecule has 1 aromatic rings. The van der Waals surface area contributed by atoms with Crippen molar-refractivity contribution in [3.8, 4) is 0 Å². The number of nitrogens with one attached hydrogen (secondary N) is 1. The molecule has 0 saturated heterocycles. The van der Waals surface area contributed by atoms with Crippen LogP contribution in [0.25, 0.3) is 0 Å². The molecule has 66 valence electrons. The highest BCUT2D eigenvalue weighted by Gasteiger charge is 2.07. The molecule has 0 aliphatic heterocycles. The predicted molar refractivity (Wildman–Crippen MR) is 49.8 cm³/mol. The van der Waals surface area contributed by atoms with Gasteiger partial charge in [-0.3, -0.25) is 0 Å². The Labute approximate surface area is 81.1 Å². The third kappa shape index (κ3) is 2.11. The third-order valence-corrected chi connectivity index (χ3v) is 2.19. The van der Waals surface area contributed by atoms with Crippen LogP contribution in [0.5, 0.6) is 0 Å². The van der Waals surface area contributed by atoms with Gasteiger partial charge in [0.05, 0.1) is 6.04 Å². The van der Waals surface area contributed by atoms with E-state index in [1.807, 2.05) is 0 Å². The Morgan fingerprint density at radius 3 is 2.58 bits per heavy atom. The van der Waals surface area contributed by atoms with E-state index in [1.54, 1.807) is 25.1 Å². The van der Waals surface area contributed by atoms with Crippen molar-refractivity contribution in [2.24, 2.45) is 0 Å². The Morgan fingerprint density at radius 2 is 2.08 bits per heavy atom. The SMILES string of the molecule is C[C@@H](NO)c1ccc(Cl)cc1Cl. The Kier molecular flexibility index (Phi) is 3.35. The Balaban J connectivity index is 3.01. The maximum absolute atomic E-state index is 8.64. The van der Waals surface area contributed by atoms with E-state index in [1.165, 1.54) is 0 Å². The van der Waals surface area contributed by atoms with Gasteiger partial charge < -0.3 is 5.21 Å². The smallest absolute Gasteiger partial charge is 0.0555 e. The van der Waals surface area contributed by atoms with Gasteiger partial charge in [-0.25, -0.2) is 0 Å². The normalized spacial score (nSPS) is 13.0. The second-order valence-electron chi connectivity index (χ2n) is 2.52. The molecule has 12 heavy (non-hydrogen) atoms. The van der Waals surface area contributed by atoms with E-state index in [0.717, 1.165) is 5.56 Å². The van der Waals surface area contributed by atoms with E-state index < -0.39 is 0 Å². The van der Waals surface area contributed by atoms with Crippen molar-refractivity contribution in [3.63, 3.8) is 0 Å². The average Bonchev–Trinajstić information content (AvgIpc) is 2.03. The van der Waals surface area contributed by atoms with E-state index in [4.69, 9.17) is 28.4 Å². The van der Waals surface area contributed by atoms with Gasteiger partial charge in [0.25, 0.3) is 0 Å². The lowest BCUT2D eigenvalue weighted by Crippen LogP contribution is -2.13. The van der Waals surface area contributed by atoms with Crippen LogP contribution in [0.4, 0.5) is 0 Å². The highest BCUT2D eigenvalue weighted by atomic mass is 35.5. The molecule has 0 aromatic heterocycles. The average molecular weight is 206 g/mol. The second-order valence-corrected chi connectivity index (χ2v) is 3.36. The van der Waals surface area contributed by atoms with Gasteiger partial charge in [0.15, 0.2) is 0 Å². The first-order chi connectivity index (χ1) is 5.65. The molecule has 0 amide bonds. The standard InChI is InChI=1S/C8H9Cl2NO/c1-5(11-12)7-3-2-6(9)4-8(7)10/h2-5,11-12H,1H3/t5-/m1/s1. The topological polar surface area (TPSA) is 32.3 Å². The van der Waals surface area contributed by atoms with Crippen molar-refractivity contribution in [1.82, 2.24) is 5.48 Å². The van der Waals surface area contributed by atoms with Crippen LogP contribution in [0.15, 0.2) is 18.2 Å². The zero-order valence-electron chi connectivity index (χ0n) is 6.51. The maximum Gasteiger partial charge on any atom is 0.0555 e. The van der Waals surface area contributed by atoms with E-state index in [9.17, 15) is 0 Å².